The number of fused-ring (bicyclic) bond motifs is 4. The largest absolute Gasteiger partial charge is 0.871 e. The van der Waals surface area contributed by atoms with Crippen molar-refractivity contribution in [3.8, 4) is 0 Å². The van der Waals surface area contributed by atoms with Crippen LogP contribution in [0, 0.1) is 7.43 Å². The molecular weight excluding hydrogens is 1000 g/mol. The van der Waals surface area contributed by atoms with E-state index in [1.165, 1.54) is 45.3 Å². The summed E-state index contributed by atoms with van der Waals surface area (Å²) in [5.41, 5.74) is 17.9. The first kappa shape index (κ1) is 54.6. The van der Waals surface area contributed by atoms with Crippen LogP contribution in [0.15, 0.2) is 289 Å². The summed E-state index contributed by atoms with van der Waals surface area (Å²) in [4.78, 5) is 18.3. The minimum absolute atomic E-state index is 0. The zero-order valence-electron chi connectivity index (χ0n) is 48.4. The van der Waals surface area contributed by atoms with Gasteiger partial charge in [0.1, 0.15) is 0 Å². The molecule has 0 atom stereocenters. The van der Waals surface area contributed by atoms with Crippen LogP contribution in [0.2, 0.25) is 0 Å². The molecule has 0 spiro atoms. The number of carbonyl (C=O) groups excluding carboxylic acids is 1. The van der Waals surface area contributed by atoms with E-state index in [1.807, 2.05) is 72.8 Å². The number of allylic oxidation sites excluding steroid dienone is 11. The summed E-state index contributed by atoms with van der Waals surface area (Å²) in [6.07, 6.45) is 14.7. The Labute approximate surface area is 485 Å². The fourth-order valence-electron chi connectivity index (χ4n) is 12.8. The summed E-state index contributed by atoms with van der Waals surface area (Å²) in [5.74, 6) is -0.418. The van der Waals surface area contributed by atoms with E-state index >= 15 is 0 Å². The number of benzene rings is 8. The Kier molecular flexibility index (Phi) is 14.1. The molecule has 406 valence electrons. The Morgan fingerprint density at radius 2 is 0.793 bits per heavy atom. The van der Waals surface area contributed by atoms with Crippen molar-refractivity contribution in [3.63, 3.8) is 0 Å². The Morgan fingerprint density at radius 3 is 1.28 bits per heavy atom. The second-order valence-corrected chi connectivity index (χ2v) is 23.5. The molecule has 6 heteroatoms. The van der Waals surface area contributed by atoms with E-state index in [-0.39, 0.29) is 40.9 Å². The molecule has 0 saturated carbocycles. The molecule has 5 aliphatic rings. The Hall–Kier alpha value is -9.39. The van der Waals surface area contributed by atoms with Gasteiger partial charge in [0, 0.05) is 116 Å². The maximum atomic E-state index is 13.8. The van der Waals surface area contributed by atoms with E-state index < -0.39 is 10.8 Å². The zero-order chi connectivity index (χ0) is 56.3. The van der Waals surface area contributed by atoms with Crippen LogP contribution in [-0.4, -0.2) is 17.2 Å². The lowest BCUT2D eigenvalue weighted by atomic mass is 9.77. The van der Waals surface area contributed by atoms with E-state index in [4.69, 9.17) is 0 Å². The summed E-state index contributed by atoms with van der Waals surface area (Å²) in [7, 11) is 0. The van der Waals surface area contributed by atoms with Crippen LogP contribution in [0.4, 0.5) is 45.5 Å². The molecule has 8 aromatic rings. The van der Waals surface area contributed by atoms with E-state index in [1.54, 1.807) is 0 Å². The number of carbonyl (C=O) groups is 1. The summed E-state index contributed by atoms with van der Waals surface area (Å²) in [5, 5.41) is 13.8. The third-order valence-corrected chi connectivity index (χ3v) is 17.1. The Bertz CT molecular complexity index is 4050. The predicted molar refractivity (Wildman–Crippen MR) is 342 cm³/mol. The summed E-state index contributed by atoms with van der Waals surface area (Å²) in [6, 6.07) is 75.6. The summed E-state index contributed by atoms with van der Waals surface area (Å²) >= 11 is 0. The number of anilines is 4. The lowest BCUT2D eigenvalue weighted by Crippen LogP contribution is -2.34. The van der Waals surface area contributed by atoms with Gasteiger partial charge in [0.05, 0.1) is 10.8 Å². The maximum absolute atomic E-state index is 13.8. The Balaban J connectivity index is 0.000000170. The highest BCUT2D eigenvalue weighted by atomic mass is 16.3. The molecule has 0 saturated heterocycles. The third-order valence-electron chi connectivity index (χ3n) is 17.1. The SMILES string of the molecule is CC1(C)C(/C=C/C=C/C=C2/N(c3ccccc3)c3ccccc3C2(C)C)=[N+](c2ccccc2)c2ccccc21.CC1(C)C(C=C2C(=O)C(/C=C3/N(c4ccccc4)c4ccccc4C3(C)C)=C2[O-])=[N+](c2ccccc2)c2ccccc21.[CH3-]. The molecule has 13 rings (SSSR count). The zero-order valence-corrected chi connectivity index (χ0v) is 48.4. The van der Waals surface area contributed by atoms with Gasteiger partial charge in [-0.2, -0.15) is 9.15 Å². The van der Waals surface area contributed by atoms with Crippen LogP contribution in [0.5, 0.6) is 0 Å². The van der Waals surface area contributed by atoms with Crippen molar-refractivity contribution in [2.75, 3.05) is 9.80 Å². The first-order valence-corrected chi connectivity index (χ1v) is 28.1. The summed E-state index contributed by atoms with van der Waals surface area (Å²) in [6.45, 7) is 17.9. The van der Waals surface area contributed by atoms with Gasteiger partial charge in [-0.05, 0) is 87.4 Å². The van der Waals surface area contributed by atoms with Crippen molar-refractivity contribution in [2.45, 2.75) is 77.0 Å². The Morgan fingerprint density at radius 1 is 0.402 bits per heavy atom. The van der Waals surface area contributed by atoms with Crippen LogP contribution >= 0.6 is 0 Å². The van der Waals surface area contributed by atoms with Crippen LogP contribution in [-0.2, 0) is 26.5 Å². The van der Waals surface area contributed by atoms with E-state index in [9.17, 15) is 9.90 Å². The van der Waals surface area contributed by atoms with Gasteiger partial charge in [-0.1, -0.05) is 197 Å². The number of rotatable bonds is 9. The van der Waals surface area contributed by atoms with Crippen LogP contribution < -0.4 is 24.1 Å². The van der Waals surface area contributed by atoms with Gasteiger partial charge in [0.2, 0.25) is 22.7 Å². The van der Waals surface area contributed by atoms with Crippen molar-refractivity contribution < 1.29 is 9.90 Å². The number of ketones is 1. The van der Waals surface area contributed by atoms with Gasteiger partial charge in [-0.15, -0.1) is 0 Å². The van der Waals surface area contributed by atoms with Gasteiger partial charge in [0.15, 0.2) is 17.2 Å². The summed E-state index contributed by atoms with van der Waals surface area (Å²) < 4.78 is 4.57. The highest BCUT2D eigenvalue weighted by molar-refractivity contribution is 6.25. The van der Waals surface area contributed by atoms with Crippen LogP contribution in [0.1, 0.15) is 77.6 Å². The molecule has 82 heavy (non-hydrogen) atoms. The number of hydrogen-bond donors (Lipinski definition) is 0. The minimum Gasteiger partial charge on any atom is -0.871 e. The maximum Gasteiger partial charge on any atom is 0.215 e. The van der Waals surface area contributed by atoms with Crippen LogP contribution in [0.3, 0.4) is 0 Å². The fourth-order valence-corrected chi connectivity index (χ4v) is 12.8. The molecule has 0 fully saturated rings. The third kappa shape index (κ3) is 9.03. The number of para-hydroxylation sites is 8. The van der Waals surface area contributed by atoms with Crippen molar-refractivity contribution in [1.29, 1.82) is 0 Å². The molecule has 0 N–H and O–H groups in total. The molecule has 0 unspecified atom stereocenters. The highest BCUT2D eigenvalue weighted by Gasteiger charge is 2.48. The van der Waals surface area contributed by atoms with Gasteiger partial charge in [-0.25, -0.2) is 0 Å². The van der Waals surface area contributed by atoms with E-state index in [2.05, 4.69) is 262 Å². The second kappa shape index (κ2) is 21.3. The molecule has 0 aromatic heterocycles. The van der Waals surface area contributed by atoms with Gasteiger partial charge >= 0.3 is 0 Å². The van der Waals surface area contributed by atoms with Crippen molar-refractivity contribution in [1.82, 2.24) is 9.15 Å². The standard InChI is InChI=1S/C38H32N2O2.C37H35N2.CH3/c1-37(2)29-19-11-13-21-31(29)39(25-15-7-5-8-16-25)33(37)23-27-35(41)28(36(27)42)24-34-38(3,4)30-20-12-14-22-32(30)40(34)26-17-9-6-10-18-26;1-36(2)30-22-14-16-24-32(30)38(28-18-8-5-9-19-28)34(36)26-12-7-13-27-35-37(3,4)31-23-15-17-25-33(31)39(35)29-20-10-6-11-21-29;/h5-24H,1-4H3;5-27H,1-4H3;1H3/q;+1;-1. The lowest BCUT2D eigenvalue weighted by Gasteiger charge is -2.33. The normalized spacial score (nSPS) is 19.1. The average Bonchev–Trinajstić information content (AvgIpc) is 4.21. The molecule has 1 aliphatic carbocycles. The molecular formula is C76H70N4O2. The number of hydrogen-bond acceptors (Lipinski definition) is 4. The topological polar surface area (TPSA) is 52.6 Å². The monoisotopic (exact) mass is 1070 g/mol. The fraction of sp³-hybridized carbons (Fsp3) is 0.158. The van der Waals surface area contributed by atoms with Gasteiger partial charge in [-0.3, -0.25) is 4.79 Å². The molecule has 8 aromatic carbocycles. The predicted octanol–water partition coefficient (Wildman–Crippen LogP) is 17.2. The minimum atomic E-state index is -0.395. The van der Waals surface area contributed by atoms with Crippen molar-refractivity contribution in [2.24, 2.45) is 0 Å². The quantitative estimate of drug-likeness (QED) is 0.0626. The molecule has 4 aliphatic heterocycles. The second-order valence-electron chi connectivity index (χ2n) is 23.5. The molecule has 6 nitrogen and oxygen atoms in total. The first-order chi connectivity index (χ1) is 39.1. The highest BCUT2D eigenvalue weighted by Crippen LogP contribution is 2.53. The van der Waals surface area contributed by atoms with Gasteiger partial charge < -0.3 is 22.3 Å². The van der Waals surface area contributed by atoms with E-state index in [0.717, 1.165) is 45.3 Å². The molecule has 0 bridgehead atoms. The molecule has 0 amide bonds. The lowest BCUT2D eigenvalue weighted by molar-refractivity contribution is -0.300. The van der Waals surface area contributed by atoms with Crippen molar-refractivity contribution in [3.05, 3.63) is 319 Å². The molecule has 4 heterocycles. The van der Waals surface area contributed by atoms with E-state index in [0.29, 0.717) is 0 Å². The van der Waals surface area contributed by atoms with Crippen molar-refractivity contribution >= 4 is 62.7 Å². The molecule has 0 radical (unpaired) electrons. The first-order valence-electron chi connectivity index (χ1n) is 28.1. The number of nitrogens with zero attached hydrogens (tertiary/aromatic N) is 4. The van der Waals surface area contributed by atoms with Crippen LogP contribution in [0.25, 0.3) is 0 Å². The smallest absolute Gasteiger partial charge is 0.215 e. The average molecular weight is 1070 g/mol. The number of Topliss-reactive ketones (excluding diaryl/α,β-unsaturated/α-hetero) is 1. The van der Waals surface area contributed by atoms with Gasteiger partial charge in [0.25, 0.3) is 0 Å².